The van der Waals surface area contributed by atoms with E-state index in [4.69, 9.17) is 62.4 Å². The Labute approximate surface area is 763 Å². The van der Waals surface area contributed by atoms with Crippen LogP contribution in [0, 0.1) is 5.92 Å². The average molecular weight is 1720 g/mol. The summed E-state index contributed by atoms with van der Waals surface area (Å²) < 4.78 is 0. The van der Waals surface area contributed by atoms with Crippen LogP contribution in [-0.4, -0.2) is 90.3 Å². The van der Waals surface area contributed by atoms with Gasteiger partial charge < -0.3 is 67.8 Å². The summed E-state index contributed by atoms with van der Waals surface area (Å²) >= 11 is 0. The van der Waals surface area contributed by atoms with Crippen LogP contribution in [0.5, 0.6) is 0 Å². The topological polar surface area (TPSA) is 292 Å². The van der Waals surface area contributed by atoms with E-state index in [9.17, 15) is 0 Å². The number of unbranched alkanes of at least 4 members (excludes halogenated alkanes) is 74. The molecule has 740 valence electrons. The van der Waals surface area contributed by atoms with Crippen molar-refractivity contribution in [1.82, 2.24) is 5.32 Å². The molecule has 0 aromatic heterocycles. The highest BCUT2D eigenvalue weighted by Crippen LogP contribution is 2.19. The molecule has 120 heavy (non-hydrogen) atoms. The number of aliphatic hydroxyl groups is 1. The fraction of sp³-hybridized carbons (Fsp3) is 1.00. The van der Waals surface area contributed by atoms with Crippen molar-refractivity contribution in [2.24, 2.45) is 63.3 Å². The van der Waals surface area contributed by atoms with Crippen LogP contribution >= 0.6 is 0 Å². The van der Waals surface area contributed by atoms with Crippen LogP contribution in [0.3, 0.4) is 0 Å². The van der Waals surface area contributed by atoms with Gasteiger partial charge in [0.15, 0.2) is 0 Å². The molecule has 1 atom stereocenters. The summed E-state index contributed by atoms with van der Waals surface area (Å²) in [6.45, 7) is 32.3. The van der Waals surface area contributed by atoms with Crippen LogP contribution < -0.4 is 62.7 Å². The first-order valence-corrected chi connectivity index (χ1v) is 55.4. The molecule has 0 radical (unpaired) electrons. The number of nitrogens with one attached hydrogen (secondary N) is 1. The van der Waals surface area contributed by atoms with Gasteiger partial charge in [-0.1, -0.05) is 557 Å². The Morgan fingerprint density at radius 3 is 0.383 bits per heavy atom. The van der Waals surface area contributed by atoms with Gasteiger partial charge in [-0.3, -0.25) is 0 Å². The second-order valence-corrected chi connectivity index (χ2v) is 35.7. The van der Waals surface area contributed by atoms with Gasteiger partial charge in [-0.05, 0) is 116 Å². The van der Waals surface area contributed by atoms with E-state index < -0.39 is 0 Å². The maximum atomic E-state index is 8.19. The first-order chi connectivity index (χ1) is 59.1. The molecule has 0 heterocycles. The molecule has 0 fully saturated rings. The molecule has 12 nitrogen and oxygen atoms in total. The fourth-order valence-electron chi connectivity index (χ4n) is 14.5. The zero-order valence-corrected chi connectivity index (χ0v) is 85.9. The van der Waals surface area contributed by atoms with E-state index in [2.05, 4.69) is 67.6 Å². The summed E-state index contributed by atoms with van der Waals surface area (Å²) in [6, 6.07) is 0. The smallest absolute Gasteiger partial charge is 0.0555 e. The number of rotatable bonds is 89. The van der Waals surface area contributed by atoms with Gasteiger partial charge in [-0.2, -0.15) is 0 Å². The van der Waals surface area contributed by atoms with Crippen LogP contribution in [0.4, 0.5) is 0 Å². The number of hydrogen-bond acceptors (Lipinski definition) is 12. The highest BCUT2D eigenvalue weighted by Gasteiger charge is 2.02. The third-order valence-electron chi connectivity index (χ3n) is 22.9. The Balaban J connectivity index is -0.000000143. The second-order valence-electron chi connectivity index (χ2n) is 35.7. The third-order valence-corrected chi connectivity index (χ3v) is 22.9. The molecule has 0 aliphatic rings. The Kier molecular flexibility index (Phi) is 189. The van der Waals surface area contributed by atoms with Gasteiger partial charge in [0.1, 0.15) is 0 Å². The molecular weight excluding hydrogens is 1470 g/mol. The lowest BCUT2D eigenvalue weighted by Crippen LogP contribution is -2.24. The molecule has 0 saturated heterocycles. The Hall–Kier alpha value is -0.480. The summed E-state index contributed by atoms with van der Waals surface area (Å²) in [4.78, 5) is 0. The lowest BCUT2D eigenvalue weighted by atomic mass is 10.00. The van der Waals surface area contributed by atoms with Crippen molar-refractivity contribution in [2.75, 3.05) is 85.1 Å². The maximum absolute atomic E-state index is 8.19. The van der Waals surface area contributed by atoms with Gasteiger partial charge in [0.2, 0.25) is 0 Å². The van der Waals surface area contributed by atoms with Gasteiger partial charge in [-0.25, -0.2) is 0 Å². The Bertz CT molecular complexity index is 1320. The first-order valence-electron chi connectivity index (χ1n) is 55.4. The van der Waals surface area contributed by atoms with E-state index in [-0.39, 0.29) is 6.61 Å². The van der Waals surface area contributed by atoms with Crippen molar-refractivity contribution in [2.45, 2.75) is 609 Å². The lowest BCUT2D eigenvalue weighted by molar-refractivity contribution is 0.293. The monoisotopic (exact) mass is 1710 g/mol. The van der Waals surface area contributed by atoms with Crippen LogP contribution in [-0.2, 0) is 0 Å². The summed E-state index contributed by atoms with van der Waals surface area (Å²) in [5.74, 6) is 0.782. The number of nitrogens with two attached hydrogens (primary N) is 10. The van der Waals surface area contributed by atoms with Gasteiger partial charge in [0.25, 0.3) is 0 Å². The Morgan fingerprint density at radius 2 is 0.292 bits per heavy atom. The number of hydrogen-bond donors (Lipinski definition) is 12. The third kappa shape index (κ3) is 190. The zero-order chi connectivity index (χ0) is 90.9. The molecule has 0 aliphatic heterocycles. The van der Waals surface area contributed by atoms with E-state index in [0.717, 1.165) is 71.4 Å². The molecule has 1 unspecified atom stereocenters. The summed E-state index contributed by atoms with van der Waals surface area (Å²) in [5.41, 5.74) is 53.6. The van der Waals surface area contributed by atoms with Crippen molar-refractivity contribution in [1.29, 1.82) is 0 Å². The molecule has 0 amide bonds. The summed E-state index contributed by atoms with van der Waals surface area (Å²) in [7, 11) is 0. The second kappa shape index (κ2) is 162. The summed E-state index contributed by atoms with van der Waals surface area (Å²) in [5, 5.41) is 11.1. The molecule has 12 heteroatoms. The average Bonchev–Trinajstić information content (AvgIpc) is 1.22. The standard InChI is InChI=1S/C18H39N.C16H35N.C14H31N.C13H29N.C12H27N.C11H25N.C10H23N.C8H19N.C4H12N2O.C2H7N/c1-2-3-4-5-6-7-8-9-10-11-12-13-14-15-16-17-18-19;1-2-3-4-5-6-7-8-9-10-11-12-13-14-15-16-17;1-2-3-4-5-6-7-8-9-10-11-12-13-14-15;1-2-3-4-5-6-7-8-9-10-11-12-13-14;1-2-3-4-5-6-7-8-9-10-11-12-13;1-2-3-4-5-6-7-8-9-10-11-12;1-2-3-4-5-6-7-8-9-10-11;1-3-5-6-8(4-2)7-9;5-1-2-6-3-4-7;1-2-3/h2-19H2,1H3;2-17H2,1H3;2-15H2,1H3;2-14H2,1H3;2-13H2,1H3;2-12H2,1H3;2-11H2,1H3;8H,3-7,9H2,1-2H3;6-7H,1-5H2;2-3H2,1H3. The minimum atomic E-state index is 0.194. The van der Waals surface area contributed by atoms with Gasteiger partial charge in [-0.15, -0.1) is 0 Å². The zero-order valence-electron chi connectivity index (χ0n) is 85.9. The Morgan fingerprint density at radius 1 is 0.167 bits per heavy atom. The van der Waals surface area contributed by atoms with E-state index >= 15 is 0 Å². The van der Waals surface area contributed by atoms with Gasteiger partial charge >= 0.3 is 0 Å². The van der Waals surface area contributed by atoms with Crippen LogP contribution in [0.25, 0.3) is 0 Å². The SMILES string of the molecule is CCCCC(CC)CN.CCCCCCCCCCCCCCCCCCN.CCCCCCCCCCCCCCCCN.CCCCCCCCCCCCCCN.CCCCCCCCCCCCCN.CCCCCCCCCCCCN.CCCCCCCCCCCN.CCCCCCCCCCN.CCN.NCCNCCO. The van der Waals surface area contributed by atoms with Gasteiger partial charge in [0, 0.05) is 19.6 Å². The van der Waals surface area contributed by atoms with E-state index in [1.807, 2.05) is 6.92 Å². The predicted octanol–water partition coefficient (Wildman–Crippen LogP) is 31.6. The normalized spacial score (nSPS) is 10.8. The molecule has 0 aliphatic carbocycles. The summed E-state index contributed by atoms with van der Waals surface area (Å²) in [6.07, 6.45) is 118. The molecule has 0 saturated carbocycles. The van der Waals surface area contributed by atoms with Crippen LogP contribution in [0.1, 0.15) is 609 Å². The van der Waals surface area contributed by atoms with E-state index in [1.165, 1.54) is 539 Å². The molecule has 0 rings (SSSR count). The minimum Gasteiger partial charge on any atom is -0.395 e. The van der Waals surface area contributed by atoms with Crippen LogP contribution in [0.2, 0.25) is 0 Å². The van der Waals surface area contributed by atoms with E-state index in [0.29, 0.717) is 13.1 Å². The van der Waals surface area contributed by atoms with E-state index in [1.54, 1.807) is 0 Å². The van der Waals surface area contributed by atoms with Crippen molar-refractivity contribution < 1.29 is 5.11 Å². The van der Waals surface area contributed by atoms with Crippen molar-refractivity contribution in [3.63, 3.8) is 0 Å². The molecular formula is C108H247N11O. The molecule has 0 bridgehead atoms. The largest absolute Gasteiger partial charge is 0.395 e. The molecule has 0 spiro atoms. The van der Waals surface area contributed by atoms with Gasteiger partial charge in [0.05, 0.1) is 6.61 Å². The fourth-order valence-corrected chi connectivity index (χ4v) is 14.5. The number of aliphatic hydroxyl groups excluding tert-OH is 1. The molecule has 22 N–H and O–H groups in total. The highest BCUT2D eigenvalue weighted by atomic mass is 16.3. The lowest BCUT2D eigenvalue weighted by Gasteiger charge is -2.09. The maximum Gasteiger partial charge on any atom is 0.0555 e. The molecule has 0 aromatic rings. The first kappa shape index (κ1) is 140. The highest BCUT2D eigenvalue weighted by molar-refractivity contribution is 4.59. The minimum absolute atomic E-state index is 0.194. The molecule has 0 aromatic carbocycles. The van der Waals surface area contributed by atoms with Crippen molar-refractivity contribution in [3.8, 4) is 0 Å². The van der Waals surface area contributed by atoms with Crippen molar-refractivity contribution in [3.05, 3.63) is 0 Å². The van der Waals surface area contributed by atoms with Crippen LogP contribution in [0.15, 0.2) is 0 Å². The predicted molar refractivity (Wildman–Crippen MR) is 559 cm³/mol. The quantitative estimate of drug-likeness (QED) is 0.0253. The van der Waals surface area contributed by atoms with Crippen molar-refractivity contribution >= 4 is 0 Å².